The number of carbonyl (C=O) groups excluding carboxylic acids is 3. The van der Waals surface area contributed by atoms with E-state index in [1.807, 2.05) is 0 Å². The summed E-state index contributed by atoms with van der Waals surface area (Å²) in [6.07, 6.45) is -4.66. The third kappa shape index (κ3) is 4.61. The third-order valence-electron chi connectivity index (χ3n) is 4.75. The first-order valence-electron chi connectivity index (χ1n) is 9.36. The highest BCUT2D eigenvalue weighted by Crippen LogP contribution is 2.33. The minimum Gasteiger partial charge on any atom is -0.352 e. The van der Waals surface area contributed by atoms with Crippen molar-refractivity contribution in [3.05, 3.63) is 59.7 Å². The lowest BCUT2D eigenvalue weighted by Gasteiger charge is -2.18. The largest absolute Gasteiger partial charge is 0.416 e. The van der Waals surface area contributed by atoms with E-state index in [0.29, 0.717) is 12.2 Å². The van der Waals surface area contributed by atoms with Crippen molar-refractivity contribution in [2.24, 2.45) is 5.92 Å². The zero-order chi connectivity index (χ0) is 21.9. The number of halogens is 3. The van der Waals surface area contributed by atoms with Crippen LogP contribution in [-0.2, 0) is 15.8 Å². The van der Waals surface area contributed by atoms with Crippen LogP contribution in [0.25, 0.3) is 0 Å². The highest BCUT2D eigenvalue weighted by atomic mass is 19.4. The lowest BCUT2D eigenvalue weighted by molar-refractivity contribution is -0.137. The van der Waals surface area contributed by atoms with E-state index in [1.54, 1.807) is 31.2 Å². The molecule has 0 bridgehead atoms. The second-order valence-electron chi connectivity index (χ2n) is 6.85. The van der Waals surface area contributed by atoms with E-state index in [1.165, 1.54) is 17.0 Å². The molecule has 3 rings (SSSR count). The molecule has 0 radical (unpaired) electrons. The number of nitrogens with one attached hydrogen (secondary N) is 2. The summed E-state index contributed by atoms with van der Waals surface area (Å²) in [7, 11) is 0. The van der Waals surface area contributed by atoms with Crippen LogP contribution >= 0.6 is 0 Å². The predicted octanol–water partition coefficient (Wildman–Crippen LogP) is 3.45. The smallest absolute Gasteiger partial charge is 0.352 e. The molecule has 2 aromatic rings. The highest BCUT2D eigenvalue weighted by Gasteiger charge is 2.37. The monoisotopic (exact) mass is 419 g/mol. The maximum Gasteiger partial charge on any atom is 0.416 e. The van der Waals surface area contributed by atoms with Crippen molar-refractivity contribution in [1.29, 1.82) is 0 Å². The van der Waals surface area contributed by atoms with Crippen LogP contribution in [0.3, 0.4) is 0 Å². The van der Waals surface area contributed by atoms with Crippen LogP contribution in [0.2, 0.25) is 0 Å². The first kappa shape index (κ1) is 21.4. The lowest BCUT2D eigenvalue weighted by Crippen LogP contribution is -2.29. The van der Waals surface area contributed by atoms with Crippen molar-refractivity contribution in [3.8, 4) is 0 Å². The van der Waals surface area contributed by atoms with Crippen LogP contribution < -0.4 is 15.5 Å². The van der Waals surface area contributed by atoms with Gasteiger partial charge >= 0.3 is 6.18 Å². The fourth-order valence-electron chi connectivity index (χ4n) is 3.26. The summed E-state index contributed by atoms with van der Waals surface area (Å²) in [6.45, 7) is 2.14. The van der Waals surface area contributed by atoms with Crippen LogP contribution in [-0.4, -0.2) is 30.8 Å². The Morgan fingerprint density at radius 2 is 1.87 bits per heavy atom. The van der Waals surface area contributed by atoms with Gasteiger partial charge in [-0.05, 0) is 37.3 Å². The van der Waals surface area contributed by atoms with Crippen molar-refractivity contribution < 1.29 is 27.6 Å². The van der Waals surface area contributed by atoms with E-state index in [2.05, 4.69) is 10.6 Å². The Morgan fingerprint density at radius 1 is 1.13 bits per heavy atom. The molecule has 2 N–H and O–H groups in total. The van der Waals surface area contributed by atoms with Gasteiger partial charge in [0.2, 0.25) is 11.8 Å². The molecule has 9 heteroatoms. The number of carbonyl (C=O) groups is 3. The normalized spacial score (nSPS) is 16.5. The molecule has 30 heavy (non-hydrogen) atoms. The number of alkyl halides is 3. The van der Waals surface area contributed by atoms with E-state index >= 15 is 0 Å². The van der Waals surface area contributed by atoms with Crippen molar-refractivity contribution in [3.63, 3.8) is 0 Å². The molecule has 0 aromatic heterocycles. The Balaban J connectivity index is 1.75. The third-order valence-corrected chi connectivity index (χ3v) is 4.75. The number of anilines is 2. The molecule has 3 amide bonds. The zero-order valence-corrected chi connectivity index (χ0v) is 16.1. The average Bonchev–Trinajstić information content (AvgIpc) is 3.10. The van der Waals surface area contributed by atoms with Gasteiger partial charge in [0.25, 0.3) is 5.91 Å². The van der Waals surface area contributed by atoms with Crippen LogP contribution in [0.1, 0.15) is 29.3 Å². The fraction of sp³-hybridized carbons (Fsp3) is 0.286. The molecule has 1 aliphatic heterocycles. The number of benzene rings is 2. The van der Waals surface area contributed by atoms with Crippen LogP contribution in [0.4, 0.5) is 24.5 Å². The van der Waals surface area contributed by atoms with Crippen molar-refractivity contribution >= 4 is 29.1 Å². The summed E-state index contributed by atoms with van der Waals surface area (Å²) in [5.41, 5.74) is -0.186. The average molecular weight is 419 g/mol. The molecule has 0 saturated carbocycles. The maximum absolute atomic E-state index is 13.0. The van der Waals surface area contributed by atoms with E-state index in [9.17, 15) is 27.6 Å². The second kappa shape index (κ2) is 8.56. The summed E-state index contributed by atoms with van der Waals surface area (Å²) in [5, 5.41) is 5.31. The number of hydrogen-bond acceptors (Lipinski definition) is 3. The number of hydrogen-bond donors (Lipinski definition) is 2. The number of rotatable bonds is 5. The summed E-state index contributed by atoms with van der Waals surface area (Å²) < 4.78 is 38.9. The molecule has 1 saturated heterocycles. The summed E-state index contributed by atoms with van der Waals surface area (Å²) in [6, 6.07) is 10.9. The molecule has 0 aliphatic carbocycles. The van der Waals surface area contributed by atoms with Gasteiger partial charge in [0.05, 0.1) is 22.7 Å². The first-order valence-corrected chi connectivity index (χ1v) is 9.36. The molecular weight excluding hydrogens is 399 g/mol. The van der Waals surface area contributed by atoms with Gasteiger partial charge in [-0.1, -0.05) is 18.2 Å². The Bertz CT molecular complexity index is 975. The Morgan fingerprint density at radius 3 is 2.57 bits per heavy atom. The molecule has 2 aromatic carbocycles. The molecule has 1 atom stereocenters. The SMILES string of the molecule is CCNC(=O)c1ccccc1NC(=O)[C@H]1CC(=O)N(c2cccc(C(F)(F)F)c2)C1. The quantitative estimate of drug-likeness (QED) is 0.779. The molecule has 6 nitrogen and oxygen atoms in total. The molecule has 1 heterocycles. The molecule has 0 spiro atoms. The van der Waals surface area contributed by atoms with E-state index in [4.69, 9.17) is 0 Å². The molecule has 1 fully saturated rings. The van der Waals surface area contributed by atoms with Gasteiger partial charge < -0.3 is 15.5 Å². The Labute approximate surface area is 171 Å². The topological polar surface area (TPSA) is 78.5 Å². The standard InChI is InChI=1S/C21H20F3N3O3/c1-2-25-20(30)16-8-3-4-9-17(16)26-19(29)13-10-18(28)27(12-13)15-7-5-6-14(11-15)21(22,23)24/h3-9,11,13H,2,10,12H2,1H3,(H,25,30)(H,26,29)/t13-/m0/s1. The van der Waals surface area contributed by atoms with Crippen LogP contribution in [0.5, 0.6) is 0 Å². The van der Waals surface area contributed by atoms with Gasteiger partial charge in [-0.3, -0.25) is 14.4 Å². The van der Waals surface area contributed by atoms with E-state index in [0.717, 1.165) is 12.1 Å². The zero-order valence-electron chi connectivity index (χ0n) is 16.1. The van der Waals surface area contributed by atoms with Crippen molar-refractivity contribution in [1.82, 2.24) is 5.32 Å². The van der Waals surface area contributed by atoms with Crippen molar-refractivity contribution in [2.45, 2.75) is 19.5 Å². The maximum atomic E-state index is 13.0. The number of para-hydroxylation sites is 1. The van der Waals surface area contributed by atoms with Gasteiger partial charge in [-0.15, -0.1) is 0 Å². The van der Waals surface area contributed by atoms with Gasteiger partial charge in [0.15, 0.2) is 0 Å². The van der Waals surface area contributed by atoms with Crippen LogP contribution in [0, 0.1) is 5.92 Å². The number of nitrogens with zero attached hydrogens (tertiary/aromatic N) is 1. The summed E-state index contributed by atoms with van der Waals surface area (Å²) in [4.78, 5) is 38.4. The molecule has 0 unspecified atom stereocenters. The van der Waals surface area contributed by atoms with Gasteiger partial charge in [0.1, 0.15) is 0 Å². The Kier molecular flexibility index (Phi) is 6.09. The second-order valence-corrected chi connectivity index (χ2v) is 6.85. The highest BCUT2D eigenvalue weighted by molar-refractivity contribution is 6.07. The van der Waals surface area contributed by atoms with Gasteiger partial charge in [0, 0.05) is 25.2 Å². The molecule has 158 valence electrons. The molecule has 1 aliphatic rings. The minimum atomic E-state index is -4.53. The van der Waals surface area contributed by atoms with Gasteiger partial charge in [-0.25, -0.2) is 0 Å². The Hall–Kier alpha value is -3.36. The van der Waals surface area contributed by atoms with E-state index in [-0.39, 0.29) is 30.1 Å². The van der Waals surface area contributed by atoms with Gasteiger partial charge in [-0.2, -0.15) is 13.2 Å². The van der Waals surface area contributed by atoms with Crippen LogP contribution in [0.15, 0.2) is 48.5 Å². The number of amides is 3. The predicted molar refractivity (Wildman–Crippen MR) is 105 cm³/mol. The van der Waals surface area contributed by atoms with E-state index < -0.39 is 29.5 Å². The van der Waals surface area contributed by atoms with Crippen molar-refractivity contribution in [2.75, 3.05) is 23.3 Å². The fourth-order valence-corrected chi connectivity index (χ4v) is 3.26. The minimum absolute atomic E-state index is 0.0463. The summed E-state index contributed by atoms with van der Waals surface area (Å²) in [5.74, 6) is -2.02. The first-order chi connectivity index (χ1) is 14.2. The summed E-state index contributed by atoms with van der Waals surface area (Å²) >= 11 is 0. The lowest BCUT2D eigenvalue weighted by atomic mass is 10.1. The molecular formula is C21H20F3N3O3.